The van der Waals surface area contributed by atoms with Crippen LogP contribution in [0, 0.1) is 13.8 Å². The van der Waals surface area contributed by atoms with Gasteiger partial charge in [-0.05, 0) is 37.0 Å². The summed E-state index contributed by atoms with van der Waals surface area (Å²) in [4.78, 5) is 0. The molecule has 0 aliphatic carbocycles. The Hall–Kier alpha value is -1.77. The first-order chi connectivity index (χ1) is 8.16. The van der Waals surface area contributed by atoms with E-state index < -0.39 is 0 Å². The van der Waals surface area contributed by atoms with Crippen molar-refractivity contribution in [2.45, 2.75) is 20.3 Å². The summed E-state index contributed by atoms with van der Waals surface area (Å²) in [6, 6.07) is 6.37. The van der Waals surface area contributed by atoms with Crippen LogP contribution in [0.15, 0.2) is 30.6 Å². The summed E-state index contributed by atoms with van der Waals surface area (Å²) >= 11 is 0. The van der Waals surface area contributed by atoms with Gasteiger partial charge in [-0.3, -0.25) is 4.68 Å². The molecule has 0 amide bonds. The van der Waals surface area contributed by atoms with E-state index in [1.54, 1.807) is 0 Å². The smallest absolute Gasteiger partial charge is 0.0522 e. The zero-order valence-corrected chi connectivity index (χ0v) is 10.7. The number of para-hydroxylation sites is 1. The van der Waals surface area contributed by atoms with E-state index in [-0.39, 0.29) is 0 Å². The minimum atomic E-state index is 0.942. The second-order valence-corrected chi connectivity index (χ2v) is 4.47. The maximum atomic E-state index is 4.17. The van der Waals surface area contributed by atoms with E-state index in [4.69, 9.17) is 0 Å². The van der Waals surface area contributed by atoms with Crippen LogP contribution >= 0.6 is 0 Å². The highest BCUT2D eigenvalue weighted by atomic mass is 15.2. The van der Waals surface area contributed by atoms with Gasteiger partial charge in [-0.25, -0.2) is 0 Å². The van der Waals surface area contributed by atoms with Gasteiger partial charge in [0.25, 0.3) is 0 Å². The van der Waals surface area contributed by atoms with Gasteiger partial charge in [0.05, 0.1) is 6.20 Å². The minimum absolute atomic E-state index is 0.942. The van der Waals surface area contributed by atoms with Gasteiger partial charge in [0.2, 0.25) is 0 Å². The zero-order chi connectivity index (χ0) is 12.3. The molecule has 1 heterocycles. The molecule has 3 heteroatoms. The molecule has 1 aromatic carbocycles. The van der Waals surface area contributed by atoms with Gasteiger partial charge in [0, 0.05) is 25.5 Å². The first-order valence-corrected chi connectivity index (χ1v) is 5.94. The van der Waals surface area contributed by atoms with Crippen LogP contribution in [0.3, 0.4) is 0 Å². The van der Waals surface area contributed by atoms with E-state index in [0.717, 1.165) is 13.0 Å². The van der Waals surface area contributed by atoms with E-state index in [1.165, 1.54) is 22.4 Å². The number of benzene rings is 1. The molecule has 1 N–H and O–H groups in total. The van der Waals surface area contributed by atoms with E-state index >= 15 is 0 Å². The van der Waals surface area contributed by atoms with Crippen molar-refractivity contribution in [3.8, 4) is 0 Å². The van der Waals surface area contributed by atoms with Crippen LogP contribution in [0.5, 0.6) is 0 Å². The fourth-order valence-corrected chi connectivity index (χ4v) is 2.03. The molecule has 0 saturated carbocycles. The third-order valence-corrected chi connectivity index (χ3v) is 2.95. The van der Waals surface area contributed by atoms with Crippen molar-refractivity contribution in [3.63, 3.8) is 0 Å². The van der Waals surface area contributed by atoms with Crippen LogP contribution in [0.1, 0.15) is 16.7 Å². The van der Waals surface area contributed by atoms with Crippen molar-refractivity contribution in [2.24, 2.45) is 7.05 Å². The molecule has 0 unspecified atom stereocenters. The standard InChI is InChI=1S/C14H19N3/c1-11-5-4-6-12(2)14(11)15-8-7-13-9-16-17(3)10-13/h4-6,9-10,15H,7-8H2,1-3H3. The first-order valence-electron chi connectivity index (χ1n) is 5.94. The van der Waals surface area contributed by atoms with Crippen molar-refractivity contribution in [1.29, 1.82) is 0 Å². The summed E-state index contributed by atoms with van der Waals surface area (Å²) < 4.78 is 1.84. The van der Waals surface area contributed by atoms with Crippen LogP contribution in [0.4, 0.5) is 5.69 Å². The summed E-state index contributed by atoms with van der Waals surface area (Å²) in [5.41, 5.74) is 5.13. The summed E-state index contributed by atoms with van der Waals surface area (Å²) in [5, 5.41) is 7.67. The van der Waals surface area contributed by atoms with E-state index in [2.05, 4.69) is 48.7 Å². The third kappa shape index (κ3) is 2.87. The molecule has 0 aliphatic rings. The van der Waals surface area contributed by atoms with Crippen LogP contribution in [-0.4, -0.2) is 16.3 Å². The third-order valence-electron chi connectivity index (χ3n) is 2.95. The number of anilines is 1. The monoisotopic (exact) mass is 229 g/mol. The lowest BCUT2D eigenvalue weighted by Gasteiger charge is -2.11. The van der Waals surface area contributed by atoms with Crippen molar-refractivity contribution >= 4 is 5.69 Å². The summed E-state index contributed by atoms with van der Waals surface area (Å²) in [6.07, 6.45) is 4.99. The first kappa shape index (κ1) is 11.7. The van der Waals surface area contributed by atoms with Crippen molar-refractivity contribution < 1.29 is 0 Å². The lowest BCUT2D eigenvalue weighted by atomic mass is 10.1. The van der Waals surface area contributed by atoms with Gasteiger partial charge in [0.15, 0.2) is 0 Å². The lowest BCUT2D eigenvalue weighted by molar-refractivity contribution is 0.767. The molecular weight excluding hydrogens is 210 g/mol. The van der Waals surface area contributed by atoms with Crippen LogP contribution in [0.2, 0.25) is 0 Å². The quantitative estimate of drug-likeness (QED) is 0.873. The van der Waals surface area contributed by atoms with E-state index in [1.807, 2.05) is 17.9 Å². The molecule has 2 aromatic rings. The Morgan fingerprint density at radius 1 is 1.24 bits per heavy atom. The Balaban J connectivity index is 1.94. The molecule has 1 aromatic heterocycles. The fraction of sp³-hybridized carbons (Fsp3) is 0.357. The van der Waals surface area contributed by atoms with Crippen LogP contribution < -0.4 is 5.32 Å². The van der Waals surface area contributed by atoms with Gasteiger partial charge in [-0.1, -0.05) is 18.2 Å². The predicted octanol–water partition coefficient (Wildman–Crippen LogP) is 2.69. The average Bonchev–Trinajstić information content (AvgIpc) is 2.69. The number of aryl methyl sites for hydroxylation is 3. The molecular formula is C14H19N3. The summed E-state index contributed by atoms with van der Waals surface area (Å²) in [7, 11) is 1.95. The second kappa shape index (κ2) is 5.04. The molecule has 0 aliphatic heterocycles. The predicted molar refractivity (Wildman–Crippen MR) is 71.3 cm³/mol. The molecule has 2 rings (SSSR count). The molecule has 0 spiro atoms. The fourth-order valence-electron chi connectivity index (χ4n) is 2.03. The second-order valence-electron chi connectivity index (χ2n) is 4.47. The number of hydrogen-bond acceptors (Lipinski definition) is 2. The van der Waals surface area contributed by atoms with Crippen LogP contribution in [0.25, 0.3) is 0 Å². The zero-order valence-electron chi connectivity index (χ0n) is 10.7. The van der Waals surface area contributed by atoms with Gasteiger partial charge in [0.1, 0.15) is 0 Å². The Bertz CT molecular complexity index is 480. The normalized spacial score (nSPS) is 10.5. The maximum Gasteiger partial charge on any atom is 0.0522 e. The molecule has 0 fully saturated rings. The van der Waals surface area contributed by atoms with Crippen LogP contribution in [-0.2, 0) is 13.5 Å². The highest BCUT2D eigenvalue weighted by Crippen LogP contribution is 2.19. The van der Waals surface area contributed by atoms with E-state index in [9.17, 15) is 0 Å². The van der Waals surface area contributed by atoms with Crippen molar-refractivity contribution in [3.05, 3.63) is 47.3 Å². The molecule has 0 bridgehead atoms. The molecule has 0 radical (unpaired) electrons. The summed E-state index contributed by atoms with van der Waals surface area (Å²) in [5.74, 6) is 0. The molecule has 17 heavy (non-hydrogen) atoms. The van der Waals surface area contributed by atoms with Crippen molar-refractivity contribution in [2.75, 3.05) is 11.9 Å². The van der Waals surface area contributed by atoms with Gasteiger partial charge < -0.3 is 5.32 Å². The lowest BCUT2D eigenvalue weighted by Crippen LogP contribution is -2.07. The SMILES string of the molecule is Cc1cccc(C)c1NCCc1cnn(C)c1. The Labute approximate surface area is 102 Å². The maximum absolute atomic E-state index is 4.17. The van der Waals surface area contributed by atoms with Gasteiger partial charge in [-0.2, -0.15) is 5.10 Å². The number of hydrogen-bond donors (Lipinski definition) is 1. The van der Waals surface area contributed by atoms with Gasteiger partial charge >= 0.3 is 0 Å². The molecule has 3 nitrogen and oxygen atoms in total. The number of aromatic nitrogens is 2. The summed E-state index contributed by atoms with van der Waals surface area (Å²) in [6.45, 7) is 5.22. The molecule has 0 saturated heterocycles. The topological polar surface area (TPSA) is 29.9 Å². The number of nitrogens with zero attached hydrogens (tertiary/aromatic N) is 2. The number of nitrogens with one attached hydrogen (secondary N) is 1. The van der Waals surface area contributed by atoms with Crippen molar-refractivity contribution in [1.82, 2.24) is 9.78 Å². The Morgan fingerprint density at radius 2 is 1.94 bits per heavy atom. The largest absolute Gasteiger partial charge is 0.384 e. The molecule has 90 valence electrons. The highest BCUT2D eigenvalue weighted by Gasteiger charge is 2.01. The Kier molecular flexibility index (Phi) is 3.47. The molecule has 0 atom stereocenters. The Morgan fingerprint density at radius 3 is 2.53 bits per heavy atom. The minimum Gasteiger partial charge on any atom is -0.384 e. The average molecular weight is 229 g/mol. The highest BCUT2D eigenvalue weighted by molar-refractivity contribution is 5.56. The number of rotatable bonds is 4. The van der Waals surface area contributed by atoms with Gasteiger partial charge in [-0.15, -0.1) is 0 Å². The van der Waals surface area contributed by atoms with E-state index in [0.29, 0.717) is 0 Å².